The van der Waals surface area contributed by atoms with Crippen molar-refractivity contribution in [2.24, 2.45) is 17.6 Å². The fourth-order valence-corrected chi connectivity index (χ4v) is 2.12. The molecule has 0 heterocycles. The number of amides is 1. The number of carbonyl (C=O) groups is 1. The van der Waals surface area contributed by atoms with Gasteiger partial charge in [0.2, 0.25) is 5.91 Å². The fourth-order valence-electron chi connectivity index (χ4n) is 2.04. The van der Waals surface area contributed by atoms with E-state index >= 15 is 0 Å². The Morgan fingerprint density at radius 1 is 1.41 bits per heavy atom. The van der Waals surface area contributed by atoms with E-state index in [1.807, 2.05) is 0 Å². The van der Waals surface area contributed by atoms with Crippen molar-refractivity contribution in [3.05, 3.63) is 0 Å². The van der Waals surface area contributed by atoms with Crippen LogP contribution in [0.5, 0.6) is 0 Å². The molecule has 3 N–H and O–H groups in total. The van der Waals surface area contributed by atoms with Crippen molar-refractivity contribution < 1.29 is 18.0 Å². The van der Waals surface area contributed by atoms with Crippen molar-refractivity contribution in [2.45, 2.75) is 31.9 Å². The molecule has 1 rings (SSSR count). The highest BCUT2D eigenvalue weighted by Gasteiger charge is 2.43. The lowest BCUT2D eigenvalue weighted by Gasteiger charge is -2.29. The van der Waals surface area contributed by atoms with Gasteiger partial charge in [0, 0.05) is 5.92 Å². The molecule has 1 aliphatic rings. The molecule has 17 heavy (non-hydrogen) atoms. The molecule has 1 fully saturated rings. The van der Waals surface area contributed by atoms with E-state index in [1.165, 1.54) is 0 Å². The summed E-state index contributed by atoms with van der Waals surface area (Å²) in [6, 6.07) is 0. The van der Waals surface area contributed by atoms with Crippen LogP contribution in [-0.4, -0.2) is 23.6 Å². The molecular weight excluding hydrogens is 253 g/mol. The SMILES string of the molecule is NC(=S)CNC(=O)C1CCCC(C(F)(F)F)C1. The first kappa shape index (κ1) is 14.2. The highest BCUT2D eigenvalue weighted by molar-refractivity contribution is 7.80. The summed E-state index contributed by atoms with van der Waals surface area (Å²) in [4.78, 5) is 11.7. The number of hydrogen-bond donors (Lipinski definition) is 2. The van der Waals surface area contributed by atoms with Crippen molar-refractivity contribution in [1.82, 2.24) is 5.32 Å². The Morgan fingerprint density at radius 2 is 2.06 bits per heavy atom. The van der Waals surface area contributed by atoms with Gasteiger partial charge in [0.25, 0.3) is 0 Å². The average molecular weight is 268 g/mol. The Hall–Kier alpha value is -0.850. The van der Waals surface area contributed by atoms with Gasteiger partial charge < -0.3 is 11.1 Å². The molecule has 7 heteroatoms. The molecule has 0 saturated heterocycles. The second-order valence-electron chi connectivity index (χ2n) is 4.29. The molecule has 0 spiro atoms. The minimum Gasteiger partial charge on any atom is -0.392 e. The molecule has 0 aromatic carbocycles. The fraction of sp³-hybridized carbons (Fsp3) is 0.800. The molecule has 0 bridgehead atoms. The highest BCUT2D eigenvalue weighted by atomic mass is 32.1. The summed E-state index contributed by atoms with van der Waals surface area (Å²) in [7, 11) is 0. The minimum atomic E-state index is -4.21. The largest absolute Gasteiger partial charge is 0.392 e. The zero-order valence-electron chi connectivity index (χ0n) is 9.22. The normalized spacial score (nSPS) is 25.4. The quantitative estimate of drug-likeness (QED) is 0.767. The zero-order chi connectivity index (χ0) is 13.1. The number of nitrogens with two attached hydrogens (primary N) is 1. The molecule has 1 amide bonds. The van der Waals surface area contributed by atoms with Crippen LogP contribution in [0.4, 0.5) is 13.2 Å². The number of carbonyl (C=O) groups excluding carboxylic acids is 1. The van der Waals surface area contributed by atoms with Gasteiger partial charge in [0.1, 0.15) is 0 Å². The van der Waals surface area contributed by atoms with Crippen LogP contribution in [-0.2, 0) is 4.79 Å². The summed E-state index contributed by atoms with van der Waals surface area (Å²) in [6.07, 6.45) is -3.30. The summed E-state index contributed by atoms with van der Waals surface area (Å²) < 4.78 is 37.6. The number of rotatable bonds is 3. The van der Waals surface area contributed by atoms with Crippen molar-refractivity contribution in [2.75, 3.05) is 6.54 Å². The van der Waals surface area contributed by atoms with Crippen molar-refractivity contribution in [3.63, 3.8) is 0 Å². The van der Waals surface area contributed by atoms with E-state index in [0.717, 1.165) is 0 Å². The Labute approximate surface area is 103 Å². The van der Waals surface area contributed by atoms with E-state index in [9.17, 15) is 18.0 Å². The summed E-state index contributed by atoms with van der Waals surface area (Å²) in [6.45, 7) is 0.0430. The van der Waals surface area contributed by atoms with E-state index < -0.39 is 18.0 Å². The van der Waals surface area contributed by atoms with Gasteiger partial charge >= 0.3 is 6.18 Å². The third kappa shape index (κ3) is 4.49. The van der Waals surface area contributed by atoms with Gasteiger partial charge in [-0.1, -0.05) is 18.6 Å². The minimum absolute atomic E-state index is 0.0430. The predicted molar refractivity (Wildman–Crippen MR) is 61.3 cm³/mol. The lowest BCUT2D eigenvalue weighted by Crippen LogP contribution is -2.40. The van der Waals surface area contributed by atoms with Crippen LogP contribution in [0.3, 0.4) is 0 Å². The maximum atomic E-state index is 12.5. The number of hydrogen-bond acceptors (Lipinski definition) is 2. The van der Waals surface area contributed by atoms with Gasteiger partial charge in [0.05, 0.1) is 17.5 Å². The Balaban J connectivity index is 2.49. The Bertz CT molecular complexity index is 306. The molecule has 0 aliphatic heterocycles. The summed E-state index contributed by atoms with van der Waals surface area (Å²) in [5.41, 5.74) is 5.20. The number of thiocarbonyl (C=S) groups is 1. The van der Waals surface area contributed by atoms with E-state index in [-0.39, 0.29) is 30.3 Å². The predicted octanol–water partition coefficient (Wildman–Crippen LogP) is 1.76. The van der Waals surface area contributed by atoms with Crippen LogP contribution in [0, 0.1) is 11.8 Å². The van der Waals surface area contributed by atoms with Gasteiger partial charge in [-0.3, -0.25) is 4.79 Å². The van der Waals surface area contributed by atoms with Crippen molar-refractivity contribution >= 4 is 23.1 Å². The summed E-state index contributed by atoms with van der Waals surface area (Å²) in [5, 5.41) is 2.45. The number of halogens is 3. The lowest BCUT2D eigenvalue weighted by molar-refractivity contribution is -0.186. The molecule has 3 nitrogen and oxygen atoms in total. The second kappa shape index (κ2) is 5.66. The molecule has 2 atom stereocenters. The topological polar surface area (TPSA) is 55.1 Å². The molecule has 0 radical (unpaired) electrons. The van der Waals surface area contributed by atoms with Gasteiger partial charge in [0.15, 0.2) is 0 Å². The average Bonchev–Trinajstić information content (AvgIpc) is 2.25. The molecule has 0 aromatic rings. The van der Waals surface area contributed by atoms with Crippen molar-refractivity contribution in [1.29, 1.82) is 0 Å². The smallest absolute Gasteiger partial charge is 0.391 e. The maximum absolute atomic E-state index is 12.5. The van der Waals surface area contributed by atoms with E-state index in [4.69, 9.17) is 5.73 Å². The first-order valence-electron chi connectivity index (χ1n) is 5.43. The van der Waals surface area contributed by atoms with Crippen LogP contribution in [0.15, 0.2) is 0 Å². The molecule has 2 unspecified atom stereocenters. The van der Waals surface area contributed by atoms with Gasteiger partial charge in [-0.2, -0.15) is 13.2 Å². The standard InChI is InChI=1S/C10H15F3N2OS/c11-10(12,13)7-3-1-2-6(4-7)9(16)15-5-8(14)17/h6-7H,1-5H2,(H2,14,17)(H,15,16). The number of alkyl halides is 3. The first-order chi connectivity index (χ1) is 7.80. The number of nitrogens with one attached hydrogen (secondary N) is 1. The molecule has 1 saturated carbocycles. The van der Waals surface area contributed by atoms with Crippen LogP contribution >= 0.6 is 12.2 Å². The van der Waals surface area contributed by atoms with Crippen molar-refractivity contribution in [3.8, 4) is 0 Å². The maximum Gasteiger partial charge on any atom is 0.391 e. The van der Waals surface area contributed by atoms with Crippen LogP contribution in [0.1, 0.15) is 25.7 Å². The van der Waals surface area contributed by atoms with Crippen LogP contribution in [0.2, 0.25) is 0 Å². The molecular formula is C10H15F3N2OS. The third-order valence-electron chi connectivity index (χ3n) is 2.94. The molecule has 0 aromatic heterocycles. The molecule has 98 valence electrons. The molecule has 1 aliphatic carbocycles. The van der Waals surface area contributed by atoms with Gasteiger partial charge in [-0.25, -0.2) is 0 Å². The zero-order valence-corrected chi connectivity index (χ0v) is 10.0. The Morgan fingerprint density at radius 3 is 2.59 bits per heavy atom. The van der Waals surface area contributed by atoms with Crippen LogP contribution < -0.4 is 11.1 Å². The summed E-state index contributed by atoms with van der Waals surface area (Å²) in [5.74, 6) is -2.33. The van der Waals surface area contributed by atoms with E-state index in [1.54, 1.807) is 0 Å². The second-order valence-corrected chi connectivity index (χ2v) is 4.81. The van der Waals surface area contributed by atoms with Crippen LogP contribution in [0.25, 0.3) is 0 Å². The summed E-state index contributed by atoms with van der Waals surface area (Å²) >= 11 is 4.58. The first-order valence-corrected chi connectivity index (χ1v) is 5.84. The Kier molecular flexibility index (Phi) is 4.73. The monoisotopic (exact) mass is 268 g/mol. The highest BCUT2D eigenvalue weighted by Crippen LogP contribution is 2.39. The third-order valence-corrected chi connectivity index (χ3v) is 3.09. The van der Waals surface area contributed by atoms with E-state index in [2.05, 4.69) is 17.5 Å². The van der Waals surface area contributed by atoms with Gasteiger partial charge in [-0.05, 0) is 19.3 Å². The van der Waals surface area contributed by atoms with Gasteiger partial charge in [-0.15, -0.1) is 0 Å². The lowest BCUT2D eigenvalue weighted by atomic mass is 9.80. The van der Waals surface area contributed by atoms with E-state index in [0.29, 0.717) is 12.8 Å².